The summed E-state index contributed by atoms with van der Waals surface area (Å²) in [5, 5.41) is 0. The fraction of sp³-hybridized carbons (Fsp3) is 0.931. The van der Waals surface area contributed by atoms with Crippen LogP contribution in [0.1, 0.15) is 71.1 Å². The molecule has 0 N–H and O–H groups in total. The summed E-state index contributed by atoms with van der Waals surface area (Å²) < 4.78 is 47.1. The molecule has 0 saturated carbocycles. The van der Waals surface area contributed by atoms with Crippen molar-refractivity contribution in [3.63, 3.8) is 0 Å². The van der Waals surface area contributed by atoms with E-state index in [-0.39, 0.29) is 19.2 Å². The van der Waals surface area contributed by atoms with Crippen molar-refractivity contribution in [2.75, 3.05) is 106 Å². The second-order valence-corrected chi connectivity index (χ2v) is 9.10. The molecule has 0 aliphatic rings. The van der Waals surface area contributed by atoms with E-state index >= 15 is 0 Å². The molecule has 0 aromatic rings. The van der Waals surface area contributed by atoms with Crippen molar-refractivity contribution in [1.82, 2.24) is 0 Å². The number of carbonyl (C=O) groups excluding carboxylic acids is 2. The fourth-order valence-corrected chi connectivity index (χ4v) is 3.40. The van der Waals surface area contributed by atoms with Gasteiger partial charge in [-0.15, -0.1) is 0 Å². The van der Waals surface area contributed by atoms with Gasteiger partial charge in [0.05, 0.1) is 93.0 Å². The van der Waals surface area contributed by atoms with Crippen molar-refractivity contribution in [2.45, 2.75) is 71.1 Å². The number of rotatable bonds is 33. The predicted octanol–water partition coefficient (Wildman–Crippen LogP) is 3.74. The van der Waals surface area contributed by atoms with Crippen molar-refractivity contribution in [1.29, 1.82) is 0 Å². The molecule has 11 heteroatoms. The highest BCUT2D eigenvalue weighted by Gasteiger charge is 2.03. The number of methoxy groups -OCH3 is 1. The van der Waals surface area contributed by atoms with Crippen molar-refractivity contribution in [3.05, 3.63) is 0 Å². The van der Waals surface area contributed by atoms with Crippen LogP contribution in [0.25, 0.3) is 0 Å². The van der Waals surface area contributed by atoms with E-state index < -0.39 is 5.97 Å². The Hall–Kier alpha value is -1.34. The largest absolute Gasteiger partial charge is 0.467 e. The first-order valence-corrected chi connectivity index (χ1v) is 15.0. The van der Waals surface area contributed by atoms with Gasteiger partial charge in [-0.25, -0.2) is 4.79 Å². The Labute approximate surface area is 241 Å². The number of hydrogen-bond acceptors (Lipinski definition) is 11. The molecule has 0 spiro atoms. The summed E-state index contributed by atoms with van der Waals surface area (Å²) in [7, 11) is 1.31. The maximum atomic E-state index is 11.7. The molecular weight excluding hydrogens is 524 g/mol. The standard InChI is InChI=1S/C29H56O11/c1-3-4-5-6-7-8-9-10-11-12-28(30)40-26-25-38-22-21-36-18-17-34-14-13-33-15-16-35-19-20-37-23-24-39-27-29(31)32-2/h3-27H2,1-2H3. The third kappa shape index (κ3) is 32.9. The van der Waals surface area contributed by atoms with E-state index in [1.54, 1.807) is 0 Å². The normalized spacial score (nSPS) is 11.2. The third-order valence-electron chi connectivity index (χ3n) is 5.65. The van der Waals surface area contributed by atoms with Gasteiger partial charge in [-0.3, -0.25) is 4.79 Å². The second kappa shape index (κ2) is 33.9. The van der Waals surface area contributed by atoms with E-state index in [0.29, 0.717) is 92.3 Å². The molecule has 0 amide bonds. The summed E-state index contributed by atoms with van der Waals surface area (Å²) in [5.41, 5.74) is 0. The van der Waals surface area contributed by atoms with Crippen LogP contribution in [-0.2, 0) is 52.2 Å². The fourth-order valence-electron chi connectivity index (χ4n) is 3.40. The molecule has 0 fully saturated rings. The molecule has 0 atom stereocenters. The predicted molar refractivity (Wildman–Crippen MR) is 151 cm³/mol. The zero-order valence-electron chi connectivity index (χ0n) is 25.2. The number of unbranched alkanes of at least 4 members (excludes halogenated alkanes) is 8. The van der Waals surface area contributed by atoms with Gasteiger partial charge in [0.25, 0.3) is 0 Å². The van der Waals surface area contributed by atoms with E-state index in [4.69, 9.17) is 37.9 Å². The van der Waals surface area contributed by atoms with Gasteiger partial charge in [-0.05, 0) is 6.42 Å². The summed E-state index contributed by atoms with van der Waals surface area (Å²) >= 11 is 0. The monoisotopic (exact) mass is 580 g/mol. The quantitative estimate of drug-likeness (QED) is 0.0835. The summed E-state index contributed by atoms with van der Waals surface area (Å²) in [4.78, 5) is 22.6. The van der Waals surface area contributed by atoms with Gasteiger partial charge in [-0.2, -0.15) is 0 Å². The first-order valence-electron chi connectivity index (χ1n) is 15.0. The van der Waals surface area contributed by atoms with E-state index in [1.807, 2.05) is 0 Å². The van der Waals surface area contributed by atoms with Crippen LogP contribution < -0.4 is 0 Å². The molecule has 0 aromatic carbocycles. The molecule has 0 heterocycles. The average Bonchev–Trinajstić information content (AvgIpc) is 2.96. The van der Waals surface area contributed by atoms with Gasteiger partial charge in [0.1, 0.15) is 13.2 Å². The molecule has 0 rings (SSSR count). The SMILES string of the molecule is CCCCCCCCCCCC(=O)OCCOCCOCCOCCOCCOCCOCCOCC(=O)OC. The minimum Gasteiger partial charge on any atom is -0.467 e. The van der Waals surface area contributed by atoms with E-state index in [2.05, 4.69) is 11.7 Å². The Morgan fingerprint density at radius 3 is 1.18 bits per heavy atom. The van der Waals surface area contributed by atoms with E-state index in [1.165, 1.54) is 52.1 Å². The summed E-state index contributed by atoms with van der Waals surface area (Å²) in [5.74, 6) is -0.547. The van der Waals surface area contributed by atoms with Crippen molar-refractivity contribution < 1.29 is 52.2 Å². The van der Waals surface area contributed by atoms with Gasteiger partial charge in [-0.1, -0.05) is 58.3 Å². The number of hydrogen-bond donors (Lipinski definition) is 0. The molecule has 0 bridgehead atoms. The van der Waals surface area contributed by atoms with Crippen LogP contribution in [0.5, 0.6) is 0 Å². The first-order chi connectivity index (χ1) is 19.7. The minimum atomic E-state index is -0.407. The number of ether oxygens (including phenoxy) is 9. The van der Waals surface area contributed by atoms with Crippen LogP contribution >= 0.6 is 0 Å². The van der Waals surface area contributed by atoms with Crippen LogP contribution in [0.15, 0.2) is 0 Å². The molecule has 0 saturated heterocycles. The lowest BCUT2D eigenvalue weighted by Gasteiger charge is -2.08. The average molecular weight is 581 g/mol. The summed E-state index contributed by atoms with van der Waals surface area (Å²) in [6.45, 7) is 8.26. The molecule has 0 aliphatic heterocycles. The number of carbonyl (C=O) groups is 2. The molecule has 0 unspecified atom stereocenters. The topological polar surface area (TPSA) is 117 Å². The summed E-state index contributed by atoms with van der Waals surface area (Å²) in [6, 6.07) is 0. The van der Waals surface area contributed by atoms with Crippen LogP contribution in [-0.4, -0.2) is 118 Å². The molecular formula is C29H56O11. The highest BCUT2D eigenvalue weighted by atomic mass is 16.6. The van der Waals surface area contributed by atoms with Crippen LogP contribution in [0, 0.1) is 0 Å². The smallest absolute Gasteiger partial charge is 0.331 e. The van der Waals surface area contributed by atoms with Gasteiger partial charge >= 0.3 is 11.9 Å². The van der Waals surface area contributed by atoms with Gasteiger partial charge < -0.3 is 42.6 Å². The third-order valence-corrected chi connectivity index (χ3v) is 5.65. The Balaban J connectivity index is 3.13. The van der Waals surface area contributed by atoms with Crippen LogP contribution in [0.3, 0.4) is 0 Å². The van der Waals surface area contributed by atoms with Crippen molar-refractivity contribution >= 4 is 11.9 Å². The molecule has 0 aliphatic carbocycles. The molecule has 40 heavy (non-hydrogen) atoms. The van der Waals surface area contributed by atoms with Gasteiger partial charge in [0.2, 0.25) is 0 Å². The van der Waals surface area contributed by atoms with Crippen LogP contribution in [0.4, 0.5) is 0 Å². The minimum absolute atomic E-state index is 0.0694. The van der Waals surface area contributed by atoms with E-state index in [9.17, 15) is 9.59 Å². The summed E-state index contributed by atoms with van der Waals surface area (Å²) in [6.07, 6.45) is 11.6. The first kappa shape index (κ1) is 38.7. The van der Waals surface area contributed by atoms with Crippen molar-refractivity contribution in [3.8, 4) is 0 Å². The lowest BCUT2D eigenvalue weighted by Crippen LogP contribution is -2.16. The Morgan fingerprint density at radius 1 is 0.425 bits per heavy atom. The van der Waals surface area contributed by atoms with Gasteiger partial charge in [0.15, 0.2) is 0 Å². The van der Waals surface area contributed by atoms with Crippen LogP contribution in [0.2, 0.25) is 0 Å². The molecule has 0 aromatic heterocycles. The second-order valence-electron chi connectivity index (χ2n) is 9.10. The Bertz CT molecular complexity index is 534. The lowest BCUT2D eigenvalue weighted by atomic mass is 10.1. The molecule has 11 nitrogen and oxygen atoms in total. The highest BCUT2D eigenvalue weighted by molar-refractivity contribution is 5.70. The highest BCUT2D eigenvalue weighted by Crippen LogP contribution is 2.10. The Kier molecular flexibility index (Phi) is 32.7. The van der Waals surface area contributed by atoms with Crippen molar-refractivity contribution in [2.24, 2.45) is 0 Å². The zero-order chi connectivity index (χ0) is 29.2. The molecule has 0 radical (unpaired) electrons. The van der Waals surface area contributed by atoms with Gasteiger partial charge in [0, 0.05) is 6.42 Å². The maximum Gasteiger partial charge on any atom is 0.331 e. The maximum absolute atomic E-state index is 11.7. The lowest BCUT2D eigenvalue weighted by molar-refractivity contribution is -0.146. The number of esters is 2. The Morgan fingerprint density at radius 2 is 0.775 bits per heavy atom. The van der Waals surface area contributed by atoms with E-state index in [0.717, 1.165) is 12.8 Å². The zero-order valence-corrected chi connectivity index (χ0v) is 25.2. The molecule has 238 valence electrons.